The molecule has 1 unspecified atom stereocenters. The van der Waals surface area contributed by atoms with Crippen LogP contribution in [0.15, 0.2) is 36.4 Å². The lowest BCUT2D eigenvalue weighted by Gasteiger charge is -2.38. The van der Waals surface area contributed by atoms with Crippen molar-refractivity contribution in [3.63, 3.8) is 0 Å². The van der Waals surface area contributed by atoms with Crippen LogP contribution >= 0.6 is 0 Å². The molecular formula is C25H26N4O4. The quantitative estimate of drug-likeness (QED) is 0.701. The number of nitrogens with one attached hydrogen (secondary N) is 2. The van der Waals surface area contributed by atoms with Crippen LogP contribution in [-0.2, 0) is 16.0 Å². The summed E-state index contributed by atoms with van der Waals surface area (Å²) in [6, 6.07) is 11.6. The second-order valence-corrected chi connectivity index (χ2v) is 9.38. The molecule has 0 bridgehead atoms. The molecule has 1 aliphatic carbocycles. The minimum absolute atomic E-state index is 0.0723. The van der Waals surface area contributed by atoms with Crippen molar-refractivity contribution in [2.24, 2.45) is 0 Å². The van der Waals surface area contributed by atoms with Crippen molar-refractivity contribution >= 4 is 35.0 Å². The number of amides is 4. The van der Waals surface area contributed by atoms with Gasteiger partial charge in [0.2, 0.25) is 5.91 Å². The summed E-state index contributed by atoms with van der Waals surface area (Å²) >= 11 is 0. The highest BCUT2D eigenvalue weighted by atomic mass is 16.2. The van der Waals surface area contributed by atoms with Gasteiger partial charge < -0.3 is 10.2 Å². The van der Waals surface area contributed by atoms with Gasteiger partial charge in [-0.2, -0.15) is 0 Å². The fourth-order valence-electron chi connectivity index (χ4n) is 5.20. The van der Waals surface area contributed by atoms with E-state index < -0.39 is 29.2 Å². The summed E-state index contributed by atoms with van der Waals surface area (Å²) in [7, 11) is 4.14. The maximum absolute atomic E-state index is 13.5. The minimum Gasteiger partial charge on any atom is -0.355 e. The predicted octanol–water partition coefficient (Wildman–Crippen LogP) is 2.77. The van der Waals surface area contributed by atoms with E-state index in [0.29, 0.717) is 11.7 Å². The Morgan fingerprint density at radius 1 is 1.06 bits per heavy atom. The fourth-order valence-corrected chi connectivity index (χ4v) is 5.20. The van der Waals surface area contributed by atoms with Crippen molar-refractivity contribution in [3.8, 4) is 0 Å². The Labute approximate surface area is 191 Å². The van der Waals surface area contributed by atoms with Crippen LogP contribution in [0.5, 0.6) is 0 Å². The van der Waals surface area contributed by atoms with Crippen molar-refractivity contribution in [2.75, 3.05) is 19.4 Å². The average molecular weight is 447 g/mol. The molecule has 2 aromatic rings. The van der Waals surface area contributed by atoms with Gasteiger partial charge in [-0.1, -0.05) is 12.1 Å². The van der Waals surface area contributed by atoms with Gasteiger partial charge in [0.25, 0.3) is 17.7 Å². The number of imide groups is 2. The monoisotopic (exact) mass is 446 g/mol. The minimum atomic E-state index is -1.41. The van der Waals surface area contributed by atoms with Gasteiger partial charge >= 0.3 is 0 Å². The molecule has 2 atom stereocenters. The van der Waals surface area contributed by atoms with Crippen LogP contribution in [0.4, 0.5) is 11.4 Å². The highest BCUT2D eigenvalue weighted by Crippen LogP contribution is 2.39. The zero-order valence-corrected chi connectivity index (χ0v) is 18.9. The van der Waals surface area contributed by atoms with E-state index in [9.17, 15) is 19.2 Å². The zero-order valence-electron chi connectivity index (χ0n) is 18.9. The predicted molar refractivity (Wildman–Crippen MR) is 122 cm³/mol. The van der Waals surface area contributed by atoms with Gasteiger partial charge in [-0.25, -0.2) is 0 Å². The first-order chi connectivity index (χ1) is 15.7. The van der Waals surface area contributed by atoms with Gasteiger partial charge in [-0.3, -0.25) is 29.4 Å². The van der Waals surface area contributed by atoms with E-state index in [-0.39, 0.29) is 24.0 Å². The summed E-state index contributed by atoms with van der Waals surface area (Å²) in [6.45, 7) is 1.53. The van der Waals surface area contributed by atoms with Crippen molar-refractivity contribution in [1.82, 2.24) is 15.1 Å². The lowest BCUT2D eigenvalue weighted by atomic mass is 9.89. The molecule has 1 fully saturated rings. The second-order valence-electron chi connectivity index (χ2n) is 9.38. The van der Waals surface area contributed by atoms with E-state index in [1.807, 2.05) is 6.07 Å². The first kappa shape index (κ1) is 21.3. The van der Waals surface area contributed by atoms with E-state index in [1.165, 1.54) is 18.1 Å². The smallest absolute Gasteiger partial charge is 0.264 e. The van der Waals surface area contributed by atoms with Gasteiger partial charge in [0.05, 0.1) is 16.8 Å². The molecule has 2 aromatic carbocycles. The summed E-state index contributed by atoms with van der Waals surface area (Å²) in [5.41, 5.74) is 3.02. The second kappa shape index (κ2) is 7.52. The van der Waals surface area contributed by atoms with E-state index in [1.54, 1.807) is 18.2 Å². The Balaban J connectivity index is 1.49. The number of benzene rings is 2. The van der Waals surface area contributed by atoms with Crippen LogP contribution in [0, 0.1) is 0 Å². The number of fused-ring (bicyclic) bond motifs is 2. The zero-order chi connectivity index (χ0) is 23.5. The molecule has 0 aromatic heterocycles. The molecule has 1 saturated heterocycles. The number of carbonyl (C=O) groups is 4. The van der Waals surface area contributed by atoms with E-state index in [0.717, 1.165) is 23.4 Å². The lowest BCUT2D eigenvalue weighted by molar-refractivity contribution is -0.140. The summed E-state index contributed by atoms with van der Waals surface area (Å²) in [5.74, 6) is -2.08. The SMILES string of the molecule is CN(C)C1CCc2ccc(Nc3cccc4c3C(=O)N([C@@]3(C)CCC(=O)NC3=O)C4=O)cc21. The molecule has 3 aliphatic rings. The highest BCUT2D eigenvalue weighted by molar-refractivity contribution is 6.26. The van der Waals surface area contributed by atoms with Gasteiger partial charge in [-0.15, -0.1) is 0 Å². The van der Waals surface area contributed by atoms with Crippen molar-refractivity contribution in [1.29, 1.82) is 0 Å². The molecule has 0 spiro atoms. The third kappa shape index (κ3) is 3.24. The van der Waals surface area contributed by atoms with E-state index in [4.69, 9.17) is 0 Å². The molecule has 0 radical (unpaired) electrons. The number of aryl methyl sites for hydroxylation is 1. The summed E-state index contributed by atoms with van der Waals surface area (Å²) in [5, 5.41) is 5.59. The highest BCUT2D eigenvalue weighted by Gasteiger charge is 2.53. The van der Waals surface area contributed by atoms with Crippen LogP contribution in [0.1, 0.15) is 64.1 Å². The van der Waals surface area contributed by atoms with Crippen LogP contribution in [0.3, 0.4) is 0 Å². The van der Waals surface area contributed by atoms with Crippen molar-refractivity contribution in [2.45, 2.75) is 44.2 Å². The molecule has 2 aliphatic heterocycles. The maximum Gasteiger partial charge on any atom is 0.264 e. The van der Waals surface area contributed by atoms with E-state index >= 15 is 0 Å². The van der Waals surface area contributed by atoms with Crippen LogP contribution in [0.25, 0.3) is 0 Å². The molecule has 2 N–H and O–H groups in total. The first-order valence-corrected chi connectivity index (χ1v) is 11.1. The Morgan fingerprint density at radius 2 is 1.85 bits per heavy atom. The molecule has 8 nitrogen and oxygen atoms in total. The van der Waals surface area contributed by atoms with Crippen LogP contribution < -0.4 is 10.6 Å². The molecule has 170 valence electrons. The summed E-state index contributed by atoms with van der Waals surface area (Å²) in [6.07, 6.45) is 2.27. The summed E-state index contributed by atoms with van der Waals surface area (Å²) < 4.78 is 0. The largest absolute Gasteiger partial charge is 0.355 e. The molecular weight excluding hydrogens is 420 g/mol. The molecule has 8 heteroatoms. The Morgan fingerprint density at radius 3 is 2.58 bits per heavy atom. The van der Waals surface area contributed by atoms with E-state index in [2.05, 4.69) is 41.8 Å². The number of rotatable bonds is 4. The molecule has 0 saturated carbocycles. The van der Waals surface area contributed by atoms with Crippen LogP contribution in [-0.4, -0.2) is 53.1 Å². The third-order valence-electron chi connectivity index (χ3n) is 7.08. The molecule has 2 heterocycles. The number of hydrogen-bond donors (Lipinski definition) is 2. The number of anilines is 2. The topological polar surface area (TPSA) is 98.8 Å². The summed E-state index contributed by atoms with van der Waals surface area (Å²) in [4.78, 5) is 54.2. The molecule has 33 heavy (non-hydrogen) atoms. The standard InChI is InChI=1S/C25H26N4O4/c1-25(12-11-20(30)27-24(25)33)29-22(31)16-5-4-6-18(21(16)23(29)32)26-15-9-7-14-8-10-19(28(2)3)17(14)13-15/h4-7,9,13,19,26H,8,10-12H2,1-3H3,(H,27,30,33)/t19?,25-/m0/s1. The molecule has 4 amide bonds. The fraction of sp³-hybridized carbons (Fsp3) is 0.360. The van der Waals surface area contributed by atoms with Gasteiger partial charge in [0.15, 0.2) is 0 Å². The number of carbonyl (C=O) groups excluding carboxylic acids is 4. The Hall–Kier alpha value is -3.52. The lowest BCUT2D eigenvalue weighted by Crippen LogP contribution is -2.62. The van der Waals surface area contributed by atoms with Gasteiger partial charge in [0.1, 0.15) is 5.54 Å². The van der Waals surface area contributed by atoms with Gasteiger partial charge in [-0.05, 0) is 75.7 Å². The number of hydrogen-bond acceptors (Lipinski definition) is 6. The third-order valence-corrected chi connectivity index (χ3v) is 7.08. The Kier molecular flexibility index (Phi) is 4.86. The first-order valence-electron chi connectivity index (χ1n) is 11.1. The normalized spacial score (nSPS) is 24.2. The van der Waals surface area contributed by atoms with Gasteiger partial charge in [0, 0.05) is 18.2 Å². The average Bonchev–Trinajstić information content (AvgIpc) is 3.31. The molecule has 5 rings (SSSR count). The van der Waals surface area contributed by atoms with Crippen molar-refractivity contribution < 1.29 is 19.2 Å². The Bertz CT molecular complexity index is 1220. The van der Waals surface area contributed by atoms with Crippen LogP contribution in [0.2, 0.25) is 0 Å². The number of nitrogens with zero attached hydrogens (tertiary/aromatic N) is 2. The number of piperidine rings is 1. The van der Waals surface area contributed by atoms with Crippen molar-refractivity contribution in [3.05, 3.63) is 58.7 Å². The maximum atomic E-state index is 13.5.